The van der Waals surface area contributed by atoms with E-state index in [1.807, 2.05) is 6.08 Å². The third-order valence-electron chi connectivity index (χ3n) is 12.2. The third kappa shape index (κ3) is 34.6. The third-order valence-corrected chi connectivity index (χ3v) is 12.2. The minimum Gasteiger partial charge on any atom is -0.466 e. The number of allylic oxidation sites excluding steroid dienone is 7. The van der Waals surface area contributed by atoms with Crippen molar-refractivity contribution in [3.8, 4) is 0 Å². The summed E-state index contributed by atoms with van der Waals surface area (Å²) in [5.74, 6) is -0.247. The number of ether oxygens (including phenoxy) is 3. The van der Waals surface area contributed by atoms with Crippen molar-refractivity contribution in [1.82, 2.24) is 5.32 Å². The summed E-state index contributed by atoms with van der Waals surface area (Å²) in [4.78, 5) is 25.0. The lowest BCUT2D eigenvalue weighted by Crippen LogP contribution is -2.60. The normalized spacial score (nSPS) is 20.1. The molecule has 1 aliphatic heterocycles. The maximum absolute atomic E-state index is 13.0. The van der Waals surface area contributed by atoms with Crippen molar-refractivity contribution in [2.24, 2.45) is 0 Å². The number of amides is 1. The monoisotopic (exact) mass is 920 g/mol. The number of esters is 1. The van der Waals surface area contributed by atoms with Gasteiger partial charge in [0, 0.05) is 12.8 Å². The molecule has 11 heteroatoms. The van der Waals surface area contributed by atoms with Crippen molar-refractivity contribution in [2.45, 2.75) is 262 Å². The zero-order valence-electron chi connectivity index (χ0n) is 41.2. The van der Waals surface area contributed by atoms with Crippen LogP contribution in [-0.4, -0.2) is 100 Å². The second-order valence-electron chi connectivity index (χ2n) is 18.2. The first-order valence-electron chi connectivity index (χ1n) is 26.4. The quantitative estimate of drug-likeness (QED) is 0.0196. The number of hydrogen-bond acceptors (Lipinski definition) is 10. The molecule has 6 N–H and O–H groups in total. The van der Waals surface area contributed by atoms with Gasteiger partial charge in [0.05, 0.1) is 32.0 Å². The maximum Gasteiger partial charge on any atom is 0.305 e. The molecule has 1 amide bonds. The van der Waals surface area contributed by atoms with Gasteiger partial charge in [-0.3, -0.25) is 9.59 Å². The molecular formula is C54H97NO10. The molecule has 1 saturated heterocycles. The van der Waals surface area contributed by atoms with Crippen molar-refractivity contribution >= 4 is 11.9 Å². The van der Waals surface area contributed by atoms with Crippen LogP contribution in [0, 0.1) is 0 Å². The molecule has 1 fully saturated rings. The molecule has 0 spiro atoms. The van der Waals surface area contributed by atoms with E-state index < -0.39 is 49.5 Å². The Morgan fingerprint density at radius 1 is 0.569 bits per heavy atom. The van der Waals surface area contributed by atoms with Crippen LogP contribution in [0.15, 0.2) is 48.6 Å². The molecule has 1 aliphatic rings. The van der Waals surface area contributed by atoms with Crippen LogP contribution in [0.25, 0.3) is 0 Å². The zero-order chi connectivity index (χ0) is 47.4. The Kier molecular flexibility index (Phi) is 41.2. The van der Waals surface area contributed by atoms with E-state index in [0.29, 0.717) is 19.4 Å². The number of nitrogens with one attached hydrogen (secondary N) is 1. The van der Waals surface area contributed by atoms with E-state index in [4.69, 9.17) is 14.2 Å². The lowest BCUT2D eigenvalue weighted by atomic mass is 9.99. The van der Waals surface area contributed by atoms with Gasteiger partial charge in [0.25, 0.3) is 0 Å². The van der Waals surface area contributed by atoms with Gasteiger partial charge in [-0.25, -0.2) is 0 Å². The molecule has 0 aliphatic carbocycles. The average Bonchev–Trinajstić information content (AvgIpc) is 3.30. The Balaban J connectivity index is 2.11. The molecular weight excluding hydrogens is 823 g/mol. The highest BCUT2D eigenvalue weighted by Gasteiger charge is 2.44. The Bertz CT molecular complexity index is 1220. The summed E-state index contributed by atoms with van der Waals surface area (Å²) in [7, 11) is 0. The largest absolute Gasteiger partial charge is 0.466 e. The van der Waals surface area contributed by atoms with Crippen LogP contribution in [0.2, 0.25) is 0 Å². The van der Waals surface area contributed by atoms with Crippen LogP contribution in [0.1, 0.15) is 219 Å². The predicted octanol–water partition coefficient (Wildman–Crippen LogP) is 10.9. The van der Waals surface area contributed by atoms with Gasteiger partial charge in [0.2, 0.25) is 5.91 Å². The van der Waals surface area contributed by atoms with E-state index in [-0.39, 0.29) is 18.5 Å². The Morgan fingerprint density at radius 2 is 1.06 bits per heavy atom. The molecule has 7 atom stereocenters. The van der Waals surface area contributed by atoms with Gasteiger partial charge < -0.3 is 45.1 Å². The average molecular weight is 920 g/mol. The van der Waals surface area contributed by atoms with Crippen molar-refractivity contribution in [2.75, 3.05) is 19.8 Å². The Labute approximate surface area is 396 Å². The van der Waals surface area contributed by atoms with Gasteiger partial charge in [0.15, 0.2) is 6.29 Å². The van der Waals surface area contributed by atoms with E-state index in [0.717, 1.165) is 83.5 Å². The van der Waals surface area contributed by atoms with Gasteiger partial charge in [-0.2, -0.15) is 0 Å². The molecule has 0 aromatic rings. The fraction of sp³-hybridized carbons (Fsp3) is 0.815. The van der Waals surface area contributed by atoms with E-state index in [1.165, 1.54) is 109 Å². The number of aliphatic hydroxyl groups is 5. The van der Waals surface area contributed by atoms with Crippen LogP contribution in [0.3, 0.4) is 0 Å². The van der Waals surface area contributed by atoms with Gasteiger partial charge in [-0.05, 0) is 70.6 Å². The summed E-state index contributed by atoms with van der Waals surface area (Å²) in [5, 5.41) is 54.0. The highest BCUT2D eigenvalue weighted by atomic mass is 16.7. The summed E-state index contributed by atoms with van der Waals surface area (Å²) in [6, 6.07) is -0.835. The molecule has 1 heterocycles. The summed E-state index contributed by atoms with van der Waals surface area (Å²) in [6.45, 7) is 4.17. The van der Waals surface area contributed by atoms with Crippen LogP contribution in [0.5, 0.6) is 0 Å². The summed E-state index contributed by atoms with van der Waals surface area (Å²) < 4.78 is 16.6. The van der Waals surface area contributed by atoms with Crippen LogP contribution < -0.4 is 5.32 Å². The van der Waals surface area contributed by atoms with Crippen molar-refractivity contribution in [3.05, 3.63) is 48.6 Å². The fourth-order valence-electron chi connectivity index (χ4n) is 7.88. The lowest BCUT2D eigenvalue weighted by Gasteiger charge is -2.40. The standard InChI is InChI=1S/C54H97NO10/c1-3-5-7-9-11-13-14-15-19-22-26-30-34-38-42-50(59)63-43-39-35-31-27-23-20-17-16-18-21-25-29-33-37-41-49(58)55-46(47(57)40-36-32-28-24-12-10-8-6-4-2)45-64-54-53(62)52(61)51(60)48(44-56)65-54/h9,11-12,14-15,24,36,40,46-48,51-54,56-57,60-62H,3-8,10,13,16-23,25-35,37-39,41-45H2,1-2H3,(H,55,58)/b11-9-,15-14-,24-12+,40-36+. The van der Waals surface area contributed by atoms with Gasteiger partial charge in [-0.1, -0.05) is 184 Å². The second kappa shape index (κ2) is 44.1. The number of carbonyl (C=O) groups is 2. The first kappa shape index (κ1) is 60.6. The van der Waals surface area contributed by atoms with Gasteiger partial charge in [0.1, 0.15) is 24.4 Å². The van der Waals surface area contributed by atoms with Crippen LogP contribution in [-0.2, 0) is 23.8 Å². The van der Waals surface area contributed by atoms with E-state index >= 15 is 0 Å². The Morgan fingerprint density at radius 3 is 1.66 bits per heavy atom. The smallest absolute Gasteiger partial charge is 0.305 e. The van der Waals surface area contributed by atoms with E-state index in [1.54, 1.807) is 6.08 Å². The van der Waals surface area contributed by atoms with Crippen LogP contribution >= 0.6 is 0 Å². The van der Waals surface area contributed by atoms with Crippen molar-refractivity contribution in [3.63, 3.8) is 0 Å². The summed E-state index contributed by atoms with van der Waals surface area (Å²) >= 11 is 0. The minimum absolute atomic E-state index is 0.0396. The van der Waals surface area contributed by atoms with Crippen molar-refractivity contribution in [1.29, 1.82) is 0 Å². The number of rotatable bonds is 44. The molecule has 378 valence electrons. The lowest BCUT2D eigenvalue weighted by molar-refractivity contribution is -0.302. The molecule has 0 bridgehead atoms. The van der Waals surface area contributed by atoms with Gasteiger partial charge in [-0.15, -0.1) is 0 Å². The first-order valence-corrected chi connectivity index (χ1v) is 26.4. The minimum atomic E-state index is -1.58. The Hall–Kier alpha value is -2.38. The maximum atomic E-state index is 13.0. The molecule has 0 saturated carbocycles. The highest BCUT2D eigenvalue weighted by Crippen LogP contribution is 2.23. The zero-order valence-corrected chi connectivity index (χ0v) is 41.2. The molecule has 1 rings (SSSR count). The SMILES string of the molecule is CCCC/C=C\C/C=C\CCCCCCCC(=O)OCCCCCCCCCCCCCCCCC(=O)NC(COC1OC(CO)C(O)C(O)C1O)C(O)/C=C/CC/C=C/CCCCC. The number of hydrogen-bond donors (Lipinski definition) is 6. The second-order valence-corrected chi connectivity index (χ2v) is 18.2. The fourth-order valence-corrected chi connectivity index (χ4v) is 7.88. The van der Waals surface area contributed by atoms with Gasteiger partial charge >= 0.3 is 5.97 Å². The van der Waals surface area contributed by atoms with Crippen LogP contribution in [0.4, 0.5) is 0 Å². The van der Waals surface area contributed by atoms with E-state index in [2.05, 4.69) is 55.6 Å². The summed E-state index contributed by atoms with van der Waals surface area (Å²) in [5.41, 5.74) is 0. The molecule has 11 nitrogen and oxygen atoms in total. The van der Waals surface area contributed by atoms with Crippen molar-refractivity contribution < 1.29 is 49.3 Å². The van der Waals surface area contributed by atoms with E-state index in [9.17, 15) is 35.1 Å². The molecule has 0 aromatic heterocycles. The molecule has 7 unspecified atom stereocenters. The molecule has 65 heavy (non-hydrogen) atoms. The predicted molar refractivity (Wildman–Crippen MR) is 264 cm³/mol. The molecule has 0 radical (unpaired) electrons. The topological polar surface area (TPSA) is 175 Å². The first-order chi connectivity index (χ1) is 31.7. The number of carbonyl (C=O) groups excluding carboxylic acids is 2. The number of unbranched alkanes of at least 4 members (excludes halogenated alkanes) is 24. The molecule has 0 aromatic carbocycles. The highest BCUT2D eigenvalue weighted by molar-refractivity contribution is 5.76. The summed E-state index contributed by atoms with van der Waals surface area (Å²) in [6.07, 6.45) is 43.4. The number of aliphatic hydroxyl groups excluding tert-OH is 5.